The predicted octanol–water partition coefficient (Wildman–Crippen LogP) is 2.69. The minimum atomic E-state index is -0.808. The summed E-state index contributed by atoms with van der Waals surface area (Å²) in [5.74, 6) is 1.94. The fraction of sp³-hybridized carbons (Fsp3) is 1.00. The molecule has 2 heteroatoms. The Balaban J connectivity index is 1.78. The van der Waals surface area contributed by atoms with E-state index in [9.17, 15) is 4.39 Å². The summed E-state index contributed by atoms with van der Waals surface area (Å²) >= 11 is 0. The van der Waals surface area contributed by atoms with Crippen molar-refractivity contribution in [2.45, 2.75) is 49.8 Å². The summed E-state index contributed by atoms with van der Waals surface area (Å²) in [6.07, 6.45) is 6.09. The Kier molecular flexibility index (Phi) is 1.26. The van der Waals surface area contributed by atoms with Crippen LogP contribution >= 0.6 is 0 Å². The first-order chi connectivity index (χ1) is 6.70. The van der Waals surface area contributed by atoms with Crippen molar-refractivity contribution in [3.63, 3.8) is 0 Å². The van der Waals surface area contributed by atoms with Crippen LogP contribution in [0.3, 0.4) is 0 Å². The van der Waals surface area contributed by atoms with E-state index in [1.165, 1.54) is 12.8 Å². The fourth-order valence-corrected chi connectivity index (χ4v) is 4.57. The molecule has 0 N–H and O–H groups in total. The smallest absolute Gasteiger partial charge is 0.111 e. The number of fused-ring (bicyclic) bond motifs is 1. The molecule has 4 bridgehead atoms. The molecule has 1 aliphatic heterocycles. The Labute approximate surface area is 84.0 Å². The molecule has 3 unspecified atom stereocenters. The van der Waals surface area contributed by atoms with E-state index in [1.54, 1.807) is 0 Å². The summed E-state index contributed by atoms with van der Waals surface area (Å²) < 4.78 is 20.2. The van der Waals surface area contributed by atoms with Crippen LogP contribution in [0.5, 0.6) is 0 Å². The molecule has 1 nitrogen and oxygen atoms in total. The topological polar surface area (TPSA) is 12.5 Å². The zero-order chi connectivity index (χ0) is 9.39. The van der Waals surface area contributed by atoms with Crippen LogP contribution in [0.25, 0.3) is 0 Å². The average molecular weight is 196 g/mol. The standard InChI is InChI=1S/C12H17FO/c13-11-2-1-8-3-9(5-11)12(7-14-12)10(4-8)6-11/h8-10H,1-7H2/t8?,9-,10+,11?,12?. The van der Waals surface area contributed by atoms with Crippen LogP contribution in [0.2, 0.25) is 0 Å². The van der Waals surface area contributed by atoms with Crippen LogP contribution in [-0.2, 0) is 4.74 Å². The van der Waals surface area contributed by atoms with Crippen molar-refractivity contribution in [2.24, 2.45) is 17.8 Å². The van der Waals surface area contributed by atoms with Gasteiger partial charge < -0.3 is 4.74 Å². The van der Waals surface area contributed by atoms with E-state index in [0.29, 0.717) is 11.8 Å². The Morgan fingerprint density at radius 2 is 1.79 bits per heavy atom. The van der Waals surface area contributed by atoms with E-state index in [4.69, 9.17) is 4.74 Å². The monoisotopic (exact) mass is 196 g/mol. The van der Waals surface area contributed by atoms with Gasteiger partial charge in [0.05, 0.1) is 12.2 Å². The molecule has 5 rings (SSSR count). The van der Waals surface area contributed by atoms with Crippen molar-refractivity contribution in [3.8, 4) is 0 Å². The summed E-state index contributed by atoms with van der Waals surface area (Å²) in [7, 11) is 0. The Bertz CT molecular complexity index is 266. The second-order valence-corrected chi connectivity index (χ2v) is 6.07. The van der Waals surface area contributed by atoms with Gasteiger partial charge in [0.1, 0.15) is 5.67 Å². The second-order valence-electron chi connectivity index (χ2n) is 6.07. The quantitative estimate of drug-likeness (QED) is 0.543. The lowest BCUT2D eigenvalue weighted by Crippen LogP contribution is -2.48. The highest BCUT2D eigenvalue weighted by Gasteiger charge is 2.66. The zero-order valence-electron chi connectivity index (χ0n) is 8.47. The van der Waals surface area contributed by atoms with Crippen LogP contribution in [0.15, 0.2) is 0 Å². The number of hydrogen-bond donors (Lipinski definition) is 0. The SMILES string of the molecule is FC12CCC3C[C@H](C1)C1(CO1)[C@@H](C3)C2. The first kappa shape index (κ1) is 8.09. The molecule has 0 radical (unpaired) electrons. The molecule has 4 aliphatic carbocycles. The summed E-state index contributed by atoms with van der Waals surface area (Å²) in [5, 5.41) is 0. The van der Waals surface area contributed by atoms with E-state index in [1.807, 2.05) is 0 Å². The van der Waals surface area contributed by atoms with Gasteiger partial charge in [0, 0.05) is 0 Å². The summed E-state index contributed by atoms with van der Waals surface area (Å²) in [6, 6.07) is 0. The van der Waals surface area contributed by atoms with Gasteiger partial charge in [0.25, 0.3) is 0 Å². The van der Waals surface area contributed by atoms with E-state index >= 15 is 0 Å². The molecule has 1 saturated heterocycles. The average Bonchev–Trinajstić information content (AvgIpc) is 2.85. The largest absolute Gasteiger partial charge is 0.369 e. The van der Waals surface area contributed by atoms with Crippen molar-refractivity contribution < 1.29 is 9.13 Å². The van der Waals surface area contributed by atoms with Gasteiger partial charge in [-0.25, -0.2) is 4.39 Å². The highest BCUT2D eigenvalue weighted by atomic mass is 19.1. The number of rotatable bonds is 0. The molecule has 14 heavy (non-hydrogen) atoms. The van der Waals surface area contributed by atoms with E-state index in [2.05, 4.69) is 0 Å². The minimum absolute atomic E-state index is 0.177. The molecule has 1 heterocycles. The molecular formula is C12H17FO. The van der Waals surface area contributed by atoms with Gasteiger partial charge in [-0.05, 0) is 56.3 Å². The van der Waals surface area contributed by atoms with Crippen molar-refractivity contribution in [3.05, 3.63) is 0 Å². The van der Waals surface area contributed by atoms with Crippen LogP contribution in [0, 0.1) is 17.8 Å². The molecule has 5 atom stereocenters. The van der Waals surface area contributed by atoms with E-state index < -0.39 is 5.67 Å². The first-order valence-corrected chi connectivity index (χ1v) is 6.03. The third kappa shape index (κ3) is 0.843. The van der Waals surface area contributed by atoms with Crippen molar-refractivity contribution >= 4 is 0 Å². The maximum atomic E-state index is 14.5. The molecule has 5 aliphatic rings. The Morgan fingerprint density at radius 3 is 2.36 bits per heavy atom. The van der Waals surface area contributed by atoms with E-state index in [-0.39, 0.29) is 5.60 Å². The third-order valence-corrected chi connectivity index (χ3v) is 5.32. The molecule has 0 amide bonds. The van der Waals surface area contributed by atoms with Gasteiger partial charge in [-0.15, -0.1) is 0 Å². The van der Waals surface area contributed by atoms with Crippen molar-refractivity contribution in [1.82, 2.24) is 0 Å². The lowest BCUT2D eigenvalue weighted by molar-refractivity contribution is -0.0370. The number of hydrogen-bond acceptors (Lipinski definition) is 1. The van der Waals surface area contributed by atoms with Crippen LogP contribution in [0.4, 0.5) is 4.39 Å². The van der Waals surface area contributed by atoms with Gasteiger partial charge in [0.15, 0.2) is 0 Å². The maximum Gasteiger partial charge on any atom is 0.111 e. The predicted molar refractivity (Wildman–Crippen MR) is 50.7 cm³/mol. The molecule has 1 spiro atoms. The minimum Gasteiger partial charge on any atom is -0.369 e. The number of ether oxygens (including phenoxy) is 1. The van der Waals surface area contributed by atoms with Gasteiger partial charge in [-0.2, -0.15) is 0 Å². The highest BCUT2D eigenvalue weighted by molar-refractivity contribution is 5.15. The fourth-order valence-electron chi connectivity index (χ4n) is 4.57. The van der Waals surface area contributed by atoms with Crippen LogP contribution in [-0.4, -0.2) is 17.9 Å². The normalized spacial score (nSPS) is 64.5. The maximum absolute atomic E-state index is 14.5. The van der Waals surface area contributed by atoms with Crippen molar-refractivity contribution in [1.29, 1.82) is 0 Å². The Morgan fingerprint density at radius 1 is 1.14 bits per heavy atom. The summed E-state index contributed by atoms with van der Waals surface area (Å²) in [5.41, 5.74) is -0.631. The molecule has 0 aromatic heterocycles. The molecule has 4 saturated carbocycles. The third-order valence-electron chi connectivity index (χ3n) is 5.32. The van der Waals surface area contributed by atoms with Crippen molar-refractivity contribution in [2.75, 3.05) is 6.61 Å². The Hall–Kier alpha value is -0.110. The second kappa shape index (κ2) is 2.18. The molecule has 5 fully saturated rings. The number of alkyl halides is 1. The lowest BCUT2D eigenvalue weighted by atomic mass is 9.60. The summed E-state index contributed by atoms with van der Waals surface area (Å²) in [6.45, 7) is 0.936. The van der Waals surface area contributed by atoms with Gasteiger partial charge in [0.2, 0.25) is 0 Å². The van der Waals surface area contributed by atoms with E-state index in [0.717, 1.165) is 38.2 Å². The van der Waals surface area contributed by atoms with Gasteiger partial charge >= 0.3 is 0 Å². The summed E-state index contributed by atoms with van der Waals surface area (Å²) in [4.78, 5) is 0. The van der Waals surface area contributed by atoms with Gasteiger partial charge in [-0.1, -0.05) is 0 Å². The van der Waals surface area contributed by atoms with Crippen LogP contribution in [0.1, 0.15) is 38.5 Å². The zero-order valence-corrected chi connectivity index (χ0v) is 8.47. The number of epoxide rings is 1. The highest BCUT2D eigenvalue weighted by Crippen LogP contribution is 2.64. The molecular weight excluding hydrogens is 179 g/mol. The first-order valence-electron chi connectivity index (χ1n) is 6.03. The van der Waals surface area contributed by atoms with Crippen LogP contribution < -0.4 is 0 Å². The lowest BCUT2D eigenvalue weighted by Gasteiger charge is -2.46. The molecule has 0 aromatic rings. The molecule has 78 valence electrons. The van der Waals surface area contributed by atoms with Gasteiger partial charge in [-0.3, -0.25) is 0 Å². The molecule has 0 aromatic carbocycles. The number of halogens is 1.